The lowest BCUT2D eigenvalue weighted by Crippen LogP contribution is -2.06. The van der Waals surface area contributed by atoms with E-state index in [0.29, 0.717) is 16.5 Å². The lowest BCUT2D eigenvalue weighted by atomic mass is 9.99. The second kappa shape index (κ2) is 8.05. The van der Waals surface area contributed by atoms with Gasteiger partial charge in [-0.15, -0.1) is 5.11 Å². The van der Waals surface area contributed by atoms with Crippen LogP contribution in [-0.2, 0) is 10.1 Å². The Labute approximate surface area is 177 Å². The molecule has 0 radical (unpaired) electrons. The fraction of sp³-hybridized carbons (Fsp3) is 0. The highest BCUT2D eigenvalue weighted by atomic mass is 32.2. The van der Waals surface area contributed by atoms with Crippen LogP contribution in [0.5, 0.6) is 5.75 Å². The summed E-state index contributed by atoms with van der Waals surface area (Å²) in [5.41, 5.74) is 0.529. The van der Waals surface area contributed by atoms with E-state index in [1.54, 1.807) is 48.5 Å². The number of aromatic nitrogens is 1. The van der Waals surface area contributed by atoms with Crippen LogP contribution in [0.25, 0.3) is 10.8 Å². The summed E-state index contributed by atoms with van der Waals surface area (Å²) in [7, 11) is -4.44. The Morgan fingerprint density at radius 1 is 0.903 bits per heavy atom. The smallest absolute Gasteiger partial charge is 0.296 e. The predicted octanol–water partition coefficient (Wildman–Crippen LogP) is 4.83. The molecule has 4 aromatic rings. The molecule has 1 aromatic heterocycles. The molecule has 0 unspecified atom stereocenters. The molecule has 0 aliphatic rings. The highest BCUT2D eigenvalue weighted by molar-refractivity contribution is 7.85. The van der Waals surface area contributed by atoms with E-state index in [1.165, 1.54) is 6.07 Å². The average Bonchev–Trinajstić information content (AvgIpc) is 2.78. The van der Waals surface area contributed by atoms with Crippen LogP contribution in [-0.4, -0.2) is 28.8 Å². The van der Waals surface area contributed by atoms with Crippen molar-refractivity contribution in [2.45, 2.75) is 4.90 Å². The molecule has 31 heavy (non-hydrogen) atoms. The monoisotopic (exact) mass is 433 g/mol. The van der Waals surface area contributed by atoms with E-state index in [0.717, 1.165) is 18.3 Å². The van der Waals surface area contributed by atoms with E-state index < -0.39 is 20.8 Å². The van der Waals surface area contributed by atoms with Gasteiger partial charge in [0.05, 0.1) is 11.3 Å². The molecule has 0 amide bonds. The molecule has 0 fully saturated rings. The lowest BCUT2D eigenvalue weighted by molar-refractivity contribution is 0.103. The second-order valence-electron chi connectivity index (χ2n) is 6.56. The van der Waals surface area contributed by atoms with Crippen molar-refractivity contribution in [2.24, 2.45) is 10.2 Å². The third-order valence-electron chi connectivity index (χ3n) is 4.53. The number of nitrogens with zero attached hydrogens (tertiary/aromatic N) is 3. The summed E-state index contributed by atoms with van der Waals surface area (Å²) in [6.07, 6.45) is 0.872. The molecule has 0 atom stereocenters. The molecule has 9 heteroatoms. The third kappa shape index (κ3) is 4.18. The molecule has 8 nitrogen and oxygen atoms in total. The van der Waals surface area contributed by atoms with Crippen molar-refractivity contribution in [1.82, 2.24) is 4.98 Å². The van der Waals surface area contributed by atoms with Gasteiger partial charge in [0.2, 0.25) is 5.78 Å². The van der Waals surface area contributed by atoms with Gasteiger partial charge in [0.15, 0.2) is 5.75 Å². The minimum atomic E-state index is -4.44. The van der Waals surface area contributed by atoms with E-state index in [9.17, 15) is 18.3 Å². The van der Waals surface area contributed by atoms with Crippen LogP contribution in [0.15, 0.2) is 94.1 Å². The molecule has 4 rings (SSSR count). The van der Waals surface area contributed by atoms with Gasteiger partial charge in [-0.3, -0.25) is 14.3 Å². The number of hydrogen-bond donors (Lipinski definition) is 2. The van der Waals surface area contributed by atoms with Crippen molar-refractivity contribution in [3.8, 4) is 5.75 Å². The number of carbonyl (C=O) groups excluding carboxylic acids is 1. The molecule has 1 heterocycles. The first-order valence-corrected chi connectivity index (χ1v) is 10.5. The van der Waals surface area contributed by atoms with Crippen LogP contribution in [0.1, 0.15) is 16.1 Å². The first kappa shape index (κ1) is 20.3. The van der Waals surface area contributed by atoms with Gasteiger partial charge in [-0.05, 0) is 35.7 Å². The molecule has 0 aliphatic heterocycles. The number of pyridine rings is 1. The predicted molar refractivity (Wildman–Crippen MR) is 114 cm³/mol. The number of benzene rings is 3. The molecule has 0 saturated carbocycles. The van der Waals surface area contributed by atoms with Gasteiger partial charge in [-0.2, -0.15) is 13.5 Å². The number of phenolic OH excluding ortho intramolecular Hbond substituents is 1. The van der Waals surface area contributed by atoms with Crippen LogP contribution in [0.3, 0.4) is 0 Å². The Morgan fingerprint density at radius 3 is 2.29 bits per heavy atom. The highest BCUT2D eigenvalue weighted by Gasteiger charge is 2.21. The van der Waals surface area contributed by atoms with Crippen LogP contribution < -0.4 is 0 Å². The van der Waals surface area contributed by atoms with Crippen LogP contribution >= 0.6 is 0 Å². The van der Waals surface area contributed by atoms with Crippen molar-refractivity contribution in [2.75, 3.05) is 0 Å². The summed E-state index contributed by atoms with van der Waals surface area (Å²) in [6, 6.07) is 19.7. The van der Waals surface area contributed by atoms with Crippen molar-refractivity contribution in [1.29, 1.82) is 0 Å². The molecule has 0 bridgehead atoms. The standard InChI is InChI=1S/C22H15N3O5S/c26-21(19-11-10-16(13-23-19)31(28,29)30)18-12-14-6-4-5-9-17(14)20(22(18)27)25-24-15-7-2-1-3-8-15/h1-13,27H,(H,28,29,30). The maximum Gasteiger partial charge on any atom is 0.296 e. The number of phenols is 1. The molecular formula is C22H15N3O5S. The summed E-state index contributed by atoms with van der Waals surface area (Å²) in [5.74, 6) is -1.01. The Hall–Kier alpha value is -3.95. The van der Waals surface area contributed by atoms with Gasteiger partial charge in [0.25, 0.3) is 10.1 Å². The second-order valence-corrected chi connectivity index (χ2v) is 7.98. The largest absolute Gasteiger partial charge is 0.505 e. The zero-order valence-corrected chi connectivity index (χ0v) is 16.7. The van der Waals surface area contributed by atoms with Gasteiger partial charge in [-0.1, -0.05) is 42.5 Å². The molecule has 0 spiro atoms. The fourth-order valence-corrected chi connectivity index (χ4v) is 3.43. The van der Waals surface area contributed by atoms with Gasteiger partial charge >= 0.3 is 0 Å². The van der Waals surface area contributed by atoms with Crippen LogP contribution in [0.4, 0.5) is 11.4 Å². The number of hydrogen-bond acceptors (Lipinski definition) is 7. The number of azo groups is 1. The topological polar surface area (TPSA) is 129 Å². The average molecular weight is 433 g/mol. The number of fused-ring (bicyclic) bond motifs is 1. The Kier molecular flexibility index (Phi) is 5.28. The number of rotatable bonds is 5. The third-order valence-corrected chi connectivity index (χ3v) is 5.37. The highest BCUT2D eigenvalue weighted by Crippen LogP contribution is 2.40. The minimum Gasteiger partial charge on any atom is -0.505 e. The van der Waals surface area contributed by atoms with Crippen LogP contribution in [0.2, 0.25) is 0 Å². The van der Waals surface area contributed by atoms with Crippen molar-refractivity contribution < 1.29 is 22.9 Å². The molecular weight excluding hydrogens is 418 g/mol. The first-order chi connectivity index (χ1) is 14.8. The van der Waals surface area contributed by atoms with E-state index in [2.05, 4.69) is 15.2 Å². The molecule has 0 aliphatic carbocycles. The van der Waals surface area contributed by atoms with E-state index in [4.69, 9.17) is 4.55 Å². The van der Waals surface area contributed by atoms with Gasteiger partial charge < -0.3 is 5.11 Å². The summed E-state index contributed by atoms with van der Waals surface area (Å²) in [4.78, 5) is 16.4. The Balaban J connectivity index is 1.82. The van der Waals surface area contributed by atoms with Crippen molar-refractivity contribution >= 4 is 38.0 Å². The van der Waals surface area contributed by atoms with Gasteiger partial charge in [-0.25, -0.2) is 0 Å². The summed E-state index contributed by atoms with van der Waals surface area (Å²) < 4.78 is 31.4. The summed E-state index contributed by atoms with van der Waals surface area (Å²) >= 11 is 0. The maximum atomic E-state index is 13.0. The summed E-state index contributed by atoms with van der Waals surface area (Å²) in [6.45, 7) is 0. The molecule has 2 N–H and O–H groups in total. The van der Waals surface area contributed by atoms with Crippen molar-refractivity contribution in [3.05, 3.63) is 90.3 Å². The molecule has 154 valence electrons. The lowest BCUT2D eigenvalue weighted by Gasteiger charge is -2.10. The zero-order valence-electron chi connectivity index (χ0n) is 15.9. The summed E-state index contributed by atoms with van der Waals surface area (Å²) in [5, 5.41) is 20.4. The quantitative estimate of drug-likeness (QED) is 0.263. The Bertz CT molecular complexity index is 1420. The van der Waals surface area contributed by atoms with E-state index in [-0.39, 0.29) is 22.7 Å². The normalized spacial score (nSPS) is 11.8. The Morgan fingerprint density at radius 2 is 1.61 bits per heavy atom. The first-order valence-electron chi connectivity index (χ1n) is 9.04. The fourth-order valence-electron chi connectivity index (χ4n) is 3.00. The van der Waals surface area contributed by atoms with Gasteiger partial charge in [0.1, 0.15) is 16.3 Å². The van der Waals surface area contributed by atoms with E-state index >= 15 is 0 Å². The van der Waals surface area contributed by atoms with Gasteiger partial charge in [0, 0.05) is 11.6 Å². The number of aromatic hydroxyl groups is 1. The SMILES string of the molecule is O=C(c1ccc(S(=O)(=O)O)cn1)c1cc2ccccc2c(N=Nc2ccccc2)c1O. The van der Waals surface area contributed by atoms with E-state index in [1.807, 2.05) is 6.07 Å². The minimum absolute atomic E-state index is 0.0622. The number of carbonyl (C=O) groups is 1. The van der Waals surface area contributed by atoms with Crippen LogP contribution in [0, 0.1) is 0 Å². The zero-order chi connectivity index (χ0) is 22.0. The molecule has 3 aromatic carbocycles. The molecule has 0 saturated heterocycles. The maximum absolute atomic E-state index is 13.0. The van der Waals surface area contributed by atoms with Crippen molar-refractivity contribution in [3.63, 3.8) is 0 Å². The number of ketones is 1.